The number of urea groups is 1. The Morgan fingerprint density at radius 3 is 2.50 bits per heavy atom. The van der Waals surface area contributed by atoms with Crippen molar-refractivity contribution in [2.24, 2.45) is 5.73 Å². The molecule has 0 radical (unpaired) electrons. The molecule has 1 aliphatic heterocycles. The highest BCUT2D eigenvalue weighted by molar-refractivity contribution is 7.21. The predicted octanol–water partition coefficient (Wildman–Crippen LogP) is 5.77. The van der Waals surface area contributed by atoms with Gasteiger partial charge in [-0.15, -0.1) is 11.3 Å². The molecule has 4 N–H and O–H groups in total. The summed E-state index contributed by atoms with van der Waals surface area (Å²) >= 11 is 1.29. The zero-order valence-corrected chi connectivity index (χ0v) is 20.3. The van der Waals surface area contributed by atoms with E-state index in [4.69, 9.17) is 10.5 Å². The molecule has 0 saturated heterocycles. The standard InChI is InChI=1S/C27H25N5O3S/c28-16-6-8-17(9-7-16)30-25(33)24-23-22-21(14-15-29-26(22)36-24)32(27(34)31-23)18-10-12-20(13-11-18)35-19-4-2-1-3-5-19/h1-5,10-17H,6-9,28H2,(H,30,33)(H,31,34)/t16-,17+. The molecule has 4 aromatic rings. The van der Waals surface area contributed by atoms with Gasteiger partial charge in [-0.1, -0.05) is 18.2 Å². The normalized spacial score (nSPS) is 19.1. The number of anilines is 3. The number of nitrogens with one attached hydrogen (secondary N) is 2. The van der Waals surface area contributed by atoms with Crippen LogP contribution in [0.1, 0.15) is 35.4 Å². The molecule has 2 aromatic heterocycles. The summed E-state index contributed by atoms with van der Waals surface area (Å²) in [6, 6.07) is 18.6. The molecule has 3 heterocycles. The van der Waals surface area contributed by atoms with Crippen LogP contribution in [0, 0.1) is 0 Å². The first kappa shape index (κ1) is 22.5. The third kappa shape index (κ3) is 4.16. The van der Waals surface area contributed by atoms with Crippen LogP contribution in [-0.4, -0.2) is 29.0 Å². The third-order valence-electron chi connectivity index (χ3n) is 6.63. The van der Waals surface area contributed by atoms with E-state index in [-0.39, 0.29) is 24.0 Å². The van der Waals surface area contributed by atoms with Gasteiger partial charge < -0.3 is 21.1 Å². The van der Waals surface area contributed by atoms with Crippen LogP contribution >= 0.6 is 11.3 Å². The molecule has 9 heteroatoms. The predicted molar refractivity (Wildman–Crippen MR) is 141 cm³/mol. The van der Waals surface area contributed by atoms with Gasteiger partial charge in [0.25, 0.3) is 5.91 Å². The van der Waals surface area contributed by atoms with Crippen LogP contribution in [0.15, 0.2) is 66.9 Å². The lowest BCUT2D eigenvalue weighted by Gasteiger charge is -2.29. The van der Waals surface area contributed by atoms with Crippen LogP contribution in [0.2, 0.25) is 0 Å². The lowest BCUT2D eigenvalue weighted by atomic mass is 9.92. The molecule has 1 saturated carbocycles. The fraction of sp³-hybridized carbons (Fsp3) is 0.222. The summed E-state index contributed by atoms with van der Waals surface area (Å²) in [4.78, 5) is 33.7. The molecular weight excluding hydrogens is 474 g/mol. The summed E-state index contributed by atoms with van der Waals surface area (Å²) in [5, 5.41) is 6.84. The maximum Gasteiger partial charge on any atom is 0.331 e. The van der Waals surface area contributed by atoms with Crippen molar-refractivity contribution in [1.29, 1.82) is 0 Å². The minimum absolute atomic E-state index is 0.0922. The zero-order valence-electron chi connectivity index (χ0n) is 19.4. The van der Waals surface area contributed by atoms with Crippen molar-refractivity contribution in [3.63, 3.8) is 0 Å². The number of hydrogen-bond acceptors (Lipinski definition) is 6. The zero-order chi connectivity index (χ0) is 24.6. The van der Waals surface area contributed by atoms with E-state index in [0.29, 0.717) is 32.5 Å². The molecule has 36 heavy (non-hydrogen) atoms. The second-order valence-electron chi connectivity index (χ2n) is 9.08. The molecular formula is C27H25N5O3S. The highest BCUT2D eigenvalue weighted by Gasteiger charge is 2.33. The summed E-state index contributed by atoms with van der Waals surface area (Å²) in [5.74, 6) is 1.22. The van der Waals surface area contributed by atoms with Gasteiger partial charge in [0.2, 0.25) is 0 Å². The summed E-state index contributed by atoms with van der Waals surface area (Å²) in [7, 11) is 0. The van der Waals surface area contributed by atoms with Crippen LogP contribution in [0.25, 0.3) is 10.2 Å². The molecule has 1 aliphatic carbocycles. The number of amides is 3. The maximum atomic E-state index is 13.3. The highest BCUT2D eigenvalue weighted by atomic mass is 32.1. The first-order valence-corrected chi connectivity index (χ1v) is 12.8. The Labute approximate surface area is 212 Å². The molecule has 0 bridgehead atoms. The molecule has 3 amide bonds. The molecule has 8 nitrogen and oxygen atoms in total. The smallest absolute Gasteiger partial charge is 0.331 e. The Kier molecular flexibility index (Phi) is 5.79. The van der Waals surface area contributed by atoms with Crippen LogP contribution in [-0.2, 0) is 0 Å². The molecule has 6 rings (SSSR count). The third-order valence-corrected chi connectivity index (χ3v) is 7.73. The summed E-state index contributed by atoms with van der Waals surface area (Å²) in [5.41, 5.74) is 7.89. The Hall–Kier alpha value is -3.95. The number of benzene rings is 2. The van der Waals surface area contributed by atoms with E-state index >= 15 is 0 Å². The number of para-hydroxylation sites is 1. The quantitative estimate of drug-likeness (QED) is 0.323. The Morgan fingerprint density at radius 1 is 1.03 bits per heavy atom. The largest absolute Gasteiger partial charge is 0.457 e. The van der Waals surface area contributed by atoms with Crippen LogP contribution < -0.4 is 26.0 Å². The van der Waals surface area contributed by atoms with E-state index in [1.54, 1.807) is 17.2 Å². The van der Waals surface area contributed by atoms with Crippen molar-refractivity contribution in [1.82, 2.24) is 10.3 Å². The van der Waals surface area contributed by atoms with Gasteiger partial charge in [-0.05, 0) is 68.1 Å². The lowest BCUT2D eigenvalue weighted by Crippen LogP contribution is -2.40. The van der Waals surface area contributed by atoms with Gasteiger partial charge in [-0.2, -0.15) is 0 Å². The van der Waals surface area contributed by atoms with Gasteiger partial charge in [0.15, 0.2) is 0 Å². The van der Waals surface area contributed by atoms with E-state index < -0.39 is 0 Å². The van der Waals surface area contributed by atoms with Gasteiger partial charge in [0.05, 0.1) is 22.4 Å². The van der Waals surface area contributed by atoms with E-state index in [0.717, 1.165) is 36.8 Å². The summed E-state index contributed by atoms with van der Waals surface area (Å²) in [6.07, 6.45) is 5.19. The van der Waals surface area contributed by atoms with Crippen molar-refractivity contribution in [2.75, 3.05) is 10.2 Å². The number of rotatable bonds is 5. The monoisotopic (exact) mass is 499 g/mol. The second kappa shape index (κ2) is 9.25. The van der Waals surface area contributed by atoms with Gasteiger partial charge in [0, 0.05) is 18.3 Å². The van der Waals surface area contributed by atoms with Gasteiger partial charge >= 0.3 is 6.03 Å². The summed E-state index contributed by atoms with van der Waals surface area (Å²) in [6.45, 7) is 0. The SMILES string of the molecule is N[C@H]1CC[C@@H](NC(=O)c2sc3nccc4c3c2NC(=O)N4c2ccc(Oc3ccccc3)cc2)CC1. The van der Waals surface area contributed by atoms with Crippen molar-refractivity contribution in [2.45, 2.75) is 37.8 Å². The molecule has 0 unspecified atom stereocenters. The molecule has 1 fully saturated rings. The number of pyridine rings is 1. The van der Waals surface area contributed by atoms with Gasteiger partial charge in [-0.3, -0.25) is 9.69 Å². The van der Waals surface area contributed by atoms with E-state index in [2.05, 4.69) is 15.6 Å². The fourth-order valence-electron chi connectivity index (χ4n) is 4.80. The summed E-state index contributed by atoms with van der Waals surface area (Å²) < 4.78 is 5.88. The average molecular weight is 500 g/mol. The number of hydrogen-bond donors (Lipinski definition) is 3. The number of nitrogens with two attached hydrogens (primary N) is 1. The number of thiophene rings is 1. The Morgan fingerprint density at radius 2 is 1.75 bits per heavy atom. The minimum atomic E-state index is -0.331. The number of nitrogens with zero attached hydrogens (tertiary/aromatic N) is 2. The first-order valence-electron chi connectivity index (χ1n) is 12.0. The van der Waals surface area contributed by atoms with Crippen molar-refractivity contribution in [3.05, 3.63) is 71.7 Å². The number of ether oxygens (including phenoxy) is 1. The molecule has 182 valence electrons. The fourth-order valence-corrected chi connectivity index (χ4v) is 5.83. The van der Waals surface area contributed by atoms with E-state index in [1.807, 2.05) is 54.6 Å². The van der Waals surface area contributed by atoms with Gasteiger partial charge in [0.1, 0.15) is 21.2 Å². The molecule has 2 aromatic carbocycles. The number of aromatic nitrogens is 1. The van der Waals surface area contributed by atoms with Crippen LogP contribution in [0.5, 0.6) is 11.5 Å². The van der Waals surface area contributed by atoms with Crippen molar-refractivity contribution >= 4 is 50.6 Å². The minimum Gasteiger partial charge on any atom is -0.457 e. The second-order valence-corrected chi connectivity index (χ2v) is 10.1. The molecule has 0 spiro atoms. The van der Waals surface area contributed by atoms with Crippen molar-refractivity contribution < 1.29 is 14.3 Å². The maximum absolute atomic E-state index is 13.3. The topological polar surface area (TPSA) is 110 Å². The molecule has 0 atom stereocenters. The van der Waals surface area contributed by atoms with Crippen LogP contribution in [0.3, 0.4) is 0 Å². The lowest BCUT2D eigenvalue weighted by molar-refractivity contribution is 0.0931. The average Bonchev–Trinajstić information content (AvgIpc) is 3.26. The van der Waals surface area contributed by atoms with E-state index in [9.17, 15) is 9.59 Å². The number of carbonyl (C=O) groups excluding carboxylic acids is 2. The highest BCUT2D eigenvalue weighted by Crippen LogP contribution is 2.46. The molecule has 2 aliphatic rings. The van der Waals surface area contributed by atoms with E-state index in [1.165, 1.54) is 11.3 Å². The first-order chi connectivity index (χ1) is 17.6. The van der Waals surface area contributed by atoms with Gasteiger partial charge in [-0.25, -0.2) is 9.78 Å². The van der Waals surface area contributed by atoms with Crippen LogP contribution in [0.4, 0.5) is 21.9 Å². The van der Waals surface area contributed by atoms with Crippen molar-refractivity contribution in [3.8, 4) is 11.5 Å². The Bertz CT molecular complexity index is 1430. The Balaban J connectivity index is 1.29. The number of carbonyl (C=O) groups is 2.